The number of aromatic hydroxyl groups is 1. The van der Waals surface area contributed by atoms with E-state index in [1.54, 1.807) is 6.08 Å². The highest BCUT2D eigenvalue weighted by Crippen LogP contribution is 2.61. The van der Waals surface area contributed by atoms with Crippen LogP contribution in [0.1, 0.15) is 43.5 Å². The maximum Gasteiger partial charge on any atom is 0.193 e. The first kappa shape index (κ1) is 18.8. The van der Waals surface area contributed by atoms with Crippen LogP contribution in [-0.2, 0) is 0 Å². The summed E-state index contributed by atoms with van der Waals surface area (Å²) >= 11 is 6.71. The zero-order chi connectivity index (χ0) is 18.5. The highest BCUT2D eigenvalue weighted by molar-refractivity contribution is 9.11. The van der Waals surface area contributed by atoms with Crippen molar-refractivity contribution in [2.24, 2.45) is 17.3 Å². The molecular weight excluding hydrogens is 452 g/mol. The molecule has 3 aliphatic carbocycles. The molecule has 4 rings (SSSR count). The first-order valence-corrected chi connectivity index (χ1v) is 9.89. The molecule has 6 heteroatoms. The highest BCUT2D eigenvalue weighted by Gasteiger charge is 2.52. The normalized spacial score (nSPS) is 25.4. The number of phenols is 1. The van der Waals surface area contributed by atoms with Crippen molar-refractivity contribution in [3.05, 3.63) is 26.2 Å². The summed E-state index contributed by atoms with van der Waals surface area (Å²) < 4.78 is 11.5. The summed E-state index contributed by atoms with van der Waals surface area (Å²) in [5.74, 6) is 1.47. The topological polar surface area (TPSA) is 55.8 Å². The van der Waals surface area contributed by atoms with Crippen LogP contribution in [0.3, 0.4) is 0 Å². The van der Waals surface area contributed by atoms with Gasteiger partial charge in [-0.25, -0.2) is 0 Å². The van der Waals surface area contributed by atoms with Crippen LogP contribution in [0.2, 0.25) is 0 Å². The third-order valence-electron chi connectivity index (χ3n) is 5.94. The van der Waals surface area contributed by atoms with Crippen molar-refractivity contribution < 1.29 is 19.4 Å². The van der Waals surface area contributed by atoms with Crippen molar-refractivity contribution in [2.45, 2.75) is 33.1 Å². The van der Waals surface area contributed by atoms with Gasteiger partial charge in [-0.1, -0.05) is 19.4 Å². The molecule has 2 bridgehead atoms. The zero-order valence-electron chi connectivity index (χ0n) is 14.8. The molecule has 0 heterocycles. The van der Waals surface area contributed by atoms with E-state index in [1.165, 1.54) is 19.8 Å². The molecular formula is C19H22Br2O4. The molecule has 0 spiro atoms. The van der Waals surface area contributed by atoms with Crippen molar-refractivity contribution in [2.75, 3.05) is 14.2 Å². The molecule has 0 aliphatic heterocycles. The van der Waals surface area contributed by atoms with Gasteiger partial charge in [0, 0.05) is 0 Å². The lowest BCUT2D eigenvalue weighted by Gasteiger charge is -2.57. The van der Waals surface area contributed by atoms with Gasteiger partial charge < -0.3 is 14.6 Å². The van der Waals surface area contributed by atoms with E-state index in [-0.39, 0.29) is 28.3 Å². The van der Waals surface area contributed by atoms with Gasteiger partial charge in [0.25, 0.3) is 0 Å². The Bertz CT molecular complexity index is 765. The number of benzene rings is 1. The Balaban J connectivity index is 2.05. The Labute approximate surface area is 164 Å². The van der Waals surface area contributed by atoms with Crippen LogP contribution in [0.15, 0.2) is 20.6 Å². The molecule has 1 aromatic carbocycles. The van der Waals surface area contributed by atoms with Crippen molar-refractivity contribution >= 4 is 37.6 Å². The molecule has 0 amide bonds. The minimum atomic E-state index is -0.241. The third kappa shape index (κ3) is 2.81. The molecule has 0 aromatic heterocycles. The van der Waals surface area contributed by atoms with Gasteiger partial charge >= 0.3 is 0 Å². The fraction of sp³-hybridized carbons (Fsp3) is 0.526. The van der Waals surface area contributed by atoms with Crippen molar-refractivity contribution in [3.8, 4) is 17.2 Å². The second-order valence-corrected chi connectivity index (χ2v) is 8.93. The average Bonchev–Trinajstić information content (AvgIpc) is 2.58. The standard InChI is InChI=1S/C19H22Br2O4/c1-19(2)10-6-5-9(11(19)8-10)7-12(22)13-16(23)14(20)18(25-4)15(21)17(13)24-3/h7,10-11,23H,5-6,8H2,1-4H3/b9-7+/t10-,11-/m0/s1. The van der Waals surface area contributed by atoms with Gasteiger partial charge in [0.15, 0.2) is 17.3 Å². The molecule has 3 fully saturated rings. The van der Waals surface area contributed by atoms with E-state index in [0.717, 1.165) is 25.2 Å². The summed E-state index contributed by atoms with van der Waals surface area (Å²) in [5.41, 5.74) is 1.59. The van der Waals surface area contributed by atoms with E-state index in [2.05, 4.69) is 45.7 Å². The number of ketones is 1. The lowest BCUT2D eigenvalue weighted by molar-refractivity contribution is -0.0277. The minimum Gasteiger partial charge on any atom is -0.506 e. The first-order valence-electron chi connectivity index (χ1n) is 8.30. The number of carbonyl (C=O) groups excluding carboxylic acids is 1. The smallest absolute Gasteiger partial charge is 0.193 e. The molecule has 3 aliphatic rings. The predicted molar refractivity (Wildman–Crippen MR) is 104 cm³/mol. The summed E-state index contributed by atoms with van der Waals surface area (Å²) in [7, 11) is 2.96. The number of hydrogen-bond donors (Lipinski definition) is 1. The fourth-order valence-corrected chi connectivity index (χ4v) is 5.84. The maximum atomic E-state index is 13.0. The molecule has 0 unspecified atom stereocenters. The van der Waals surface area contributed by atoms with E-state index in [1.807, 2.05) is 0 Å². The minimum absolute atomic E-state index is 0.147. The van der Waals surface area contributed by atoms with Gasteiger partial charge in [-0.3, -0.25) is 4.79 Å². The van der Waals surface area contributed by atoms with Gasteiger partial charge in [0.2, 0.25) is 0 Å². The van der Waals surface area contributed by atoms with Crippen LogP contribution >= 0.6 is 31.9 Å². The van der Waals surface area contributed by atoms with Crippen molar-refractivity contribution in [1.29, 1.82) is 0 Å². The number of halogens is 2. The molecule has 136 valence electrons. The molecule has 4 nitrogen and oxygen atoms in total. The molecule has 1 N–H and O–H groups in total. The van der Waals surface area contributed by atoms with E-state index < -0.39 is 0 Å². The quantitative estimate of drug-likeness (QED) is 0.463. The Morgan fingerprint density at radius 1 is 1.20 bits per heavy atom. The van der Waals surface area contributed by atoms with Crippen molar-refractivity contribution in [3.63, 3.8) is 0 Å². The number of phenolic OH excluding ortho intramolecular Hbond substituents is 1. The monoisotopic (exact) mass is 472 g/mol. The Morgan fingerprint density at radius 2 is 1.84 bits per heavy atom. The van der Waals surface area contributed by atoms with Crippen molar-refractivity contribution in [1.82, 2.24) is 0 Å². The average molecular weight is 474 g/mol. The Morgan fingerprint density at radius 3 is 2.36 bits per heavy atom. The van der Waals surface area contributed by atoms with Crippen LogP contribution in [0.4, 0.5) is 0 Å². The second-order valence-electron chi connectivity index (χ2n) is 7.35. The summed E-state index contributed by atoms with van der Waals surface area (Å²) in [6, 6.07) is 0. The zero-order valence-corrected chi connectivity index (χ0v) is 18.0. The van der Waals surface area contributed by atoms with E-state index in [9.17, 15) is 9.90 Å². The van der Waals surface area contributed by atoms with Crippen LogP contribution in [0.5, 0.6) is 17.2 Å². The number of hydrogen-bond acceptors (Lipinski definition) is 4. The van der Waals surface area contributed by atoms with E-state index in [0.29, 0.717) is 20.6 Å². The SMILES string of the molecule is COc1c(Br)c(O)c(C(=O)/C=C2\CC[C@H]3C[C@@H]2C3(C)C)c(OC)c1Br. The number of methoxy groups -OCH3 is 2. The second kappa shape index (κ2) is 6.62. The molecule has 0 radical (unpaired) electrons. The van der Waals surface area contributed by atoms with Crippen LogP contribution < -0.4 is 9.47 Å². The molecule has 2 atom stereocenters. The number of carbonyl (C=O) groups is 1. The number of ether oxygens (including phenoxy) is 2. The lowest BCUT2D eigenvalue weighted by Crippen LogP contribution is -2.49. The Hall–Kier alpha value is -1.01. The molecule has 0 saturated heterocycles. The van der Waals surface area contributed by atoms with Gasteiger partial charge in [-0.15, -0.1) is 0 Å². The van der Waals surface area contributed by atoms with Crippen LogP contribution in [0.25, 0.3) is 0 Å². The Kier molecular flexibility index (Phi) is 4.97. The third-order valence-corrected chi connectivity index (χ3v) is 7.40. The highest BCUT2D eigenvalue weighted by atomic mass is 79.9. The summed E-state index contributed by atoms with van der Waals surface area (Å²) in [4.78, 5) is 13.0. The largest absolute Gasteiger partial charge is 0.506 e. The number of rotatable bonds is 4. The fourth-order valence-electron chi connectivity index (χ4n) is 4.30. The summed E-state index contributed by atoms with van der Waals surface area (Å²) in [6.45, 7) is 4.56. The first-order chi connectivity index (χ1) is 11.7. The van der Waals surface area contributed by atoms with Crippen LogP contribution in [-0.4, -0.2) is 25.1 Å². The molecule has 25 heavy (non-hydrogen) atoms. The predicted octanol–water partition coefficient (Wildman–Crippen LogP) is 5.50. The van der Waals surface area contributed by atoms with E-state index >= 15 is 0 Å². The van der Waals surface area contributed by atoms with Gasteiger partial charge in [0.05, 0.1) is 14.2 Å². The number of fused-ring (bicyclic) bond motifs is 2. The summed E-state index contributed by atoms with van der Waals surface area (Å²) in [6.07, 6.45) is 4.93. The van der Waals surface area contributed by atoms with E-state index in [4.69, 9.17) is 9.47 Å². The molecule has 3 saturated carbocycles. The van der Waals surface area contributed by atoms with Gasteiger partial charge in [-0.05, 0) is 74.4 Å². The number of allylic oxidation sites excluding steroid dienone is 2. The molecule has 1 aromatic rings. The maximum absolute atomic E-state index is 13.0. The lowest BCUT2D eigenvalue weighted by atomic mass is 9.47. The van der Waals surface area contributed by atoms with Gasteiger partial charge in [0.1, 0.15) is 20.3 Å². The van der Waals surface area contributed by atoms with Gasteiger partial charge in [-0.2, -0.15) is 0 Å². The summed E-state index contributed by atoms with van der Waals surface area (Å²) in [5, 5.41) is 10.5. The van der Waals surface area contributed by atoms with Crippen LogP contribution in [0, 0.1) is 17.3 Å².